The van der Waals surface area contributed by atoms with E-state index in [0.29, 0.717) is 5.56 Å². The number of halogens is 3. The average Bonchev–Trinajstić information content (AvgIpc) is 2.03. The standard InChI is InChI=1S/C7H8BF3NO.K/c1-5-3-6(8(9,10)11)7(13-2)12-4-5;/h3-4H,1-2H3;/q-1;+1. The molecule has 0 aliphatic heterocycles. The van der Waals surface area contributed by atoms with Gasteiger partial charge in [-0.3, -0.25) is 0 Å². The molecule has 0 amide bonds. The SMILES string of the molecule is COc1ncc(C)cc1[B-](F)(F)F.[K+]. The zero-order chi connectivity index (χ0) is 10.1. The first-order valence-electron chi connectivity index (χ1n) is 3.65. The molecule has 1 aromatic heterocycles. The molecule has 7 heteroatoms. The van der Waals surface area contributed by atoms with Gasteiger partial charge >= 0.3 is 58.4 Å². The number of hydrogen-bond donors (Lipinski definition) is 0. The molecule has 0 aliphatic carbocycles. The second-order valence-electron chi connectivity index (χ2n) is 2.69. The van der Waals surface area contributed by atoms with E-state index in [4.69, 9.17) is 0 Å². The van der Waals surface area contributed by atoms with E-state index in [9.17, 15) is 12.9 Å². The van der Waals surface area contributed by atoms with Gasteiger partial charge in [0.2, 0.25) is 0 Å². The van der Waals surface area contributed by atoms with Crippen molar-refractivity contribution in [2.45, 2.75) is 6.92 Å². The Morgan fingerprint density at radius 3 is 2.36 bits per heavy atom. The molecule has 0 saturated carbocycles. The number of methoxy groups -OCH3 is 1. The summed E-state index contributed by atoms with van der Waals surface area (Å²) in [5.74, 6) is -0.363. The maximum Gasteiger partial charge on any atom is 1.00 e. The minimum absolute atomic E-state index is 0. The molecule has 0 radical (unpaired) electrons. The van der Waals surface area contributed by atoms with Gasteiger partial charge in [0.15, 0.2) is 5.88 Å². The van der Waals surface area contributed by atoms with E-state index in [1.165, 1.54) is 13.3 Å². The van der Waals surface area contributed by atoms with Crippen molar-refractivity contribution >= 4 is 12.4 Å². The van der Waals surface area contributed by atoms with Crippen molar-refractivity contribution in [2.75, 3.05) is 7.11 Å². The van der Waals surface area contributed by atoms with Crippen LogP contribution in [0, 0.1) is 6.92 Å². The van der Waals surface area contributed by atoms with Gasteiger partial charge < -0.3 is 17.7 Å². The summed E-state index contributed by atoms with van der Waals surface area (Å²) in [7, 11) is 1.17. The van der Waals surface area contributed by atoms with Crippen LogP contribution in [0.5, 0.6) is 5.88 Å². The molecule has 2 nitrogen and oxygen atoms in total. The average molecular weight is 229 g/mol. The first-order valence-corrected chi connectivity index (χ1v) is 3.65. The molecule has 0 aliphatic rings. The molecule has 0 N–H and O–H groups in total. The molecule has 0 unspecified atom stereocenters. The van der Waals surface area contributed by atoms with E-state index in [0.717, 1.165) is 6.07 Å². The van der Waals surface area contributed by atoms with E-state index in [1.807, 2.05) is 0 Å². The Hall–Kier alpha value is 0.441. The molecule has 1 rings (SSSR count). The van der Waals surface area contributed by atoms with Gasteiger partial charge in [-0.2, -0.15) is 0 Å². The molecule has 0 spiro atoms. The van der Waals surface area contributed by atoms with E-state index < -0.39 is 12.4 Å². The van der Waals surface area contributed by atoms with Crippen LogP contribution in [0.3, 0.4) is 0 Å². The zero-order valence-electron chi connectivity index (χ0n) is 8.22. The van der Waals surface area contributed by atoms with Crippen LogP contribution in [0.4, 0.5) is 12.9 Å². The van der Waals surface area contributed by atoms with Crippen LogP contribution in [0.1, 0.15) is 5.56 Å². The first kappa shape index (κ1) is 14.4. The molecule has 1 aromatic rings. The van der Waals surface area contributed by atoms with Gasteiger partial charge in [0.1, 0.15) is 0 Å². The molecule has 0 fully saturated rings. The predicted molar refractivity (Wildman–Crippen MR) is 44.2 cm³/mol. The second-order valence-corrected chi connectivity index (χ2v) is 2.69. The van der Waals surface area contributed by atoms with Crippen molar-refractivity contribution in [3.05, 3.63) is 17.8 Å². The van der Waals surface area contributed by atoms with Gasteiger partial charge in [0.05, 0.1) is 7.11 Å². The third kappa shape index (κ3) is 3.54. The van der Waals surface area contributed by atoms with Gasteiger partial charge in [0, 0.05) is 6.20 Å². The first-order chi connectivity index (χ1) is 5.95. The topological polar surface area (TPSA) is 22.1 Å². The normalized spacial score (nSPS) is 10.6. The smallest absolute Gasteiger partial charge is 0.483 e. The fourth-order valence-corrected chi connectivity index (χ4v) is 0.984. The molecule has 1 heterocycles. The van der Waals surface area contributed by atoms with Crippen molar-refractivity contribution < 1.29 is 69.1 Å². The van der Waals surface area contributed by atoms with Gasteiger partial charge in [-0.25, -0.2) is 4.98 Å². The Morgan fingerprint density at radius 2 is 1.93 bits per heavy atom. The Balaban J connectivity index is 0.00000169. The van der Waals surface area contributed by atoms with Crippen molar-refractivity contribution in [3.63, 3.8) is 0 Å². The van der Waals surface area contributed by atoms with E-state index in [-0.39, 0.29) is 57.3 Å². The van der Waals surface area contributed by atoms with Crippen LogP contribution < -0.4 is 61.6 Å². The monoisotopic (exact) mass is 229 g/mol. The number of aromatic nitrogens is 1. The van der Waals surface area contributed by atoms with Crippen molar-refractivity contribution in [3.8, 4) is 5.88 Å². The molecule has 72 valence electrons. The van der Waals surface area contributed by atoms with Crippen LogP contribution in [0.2, 0.25) is 0 Å². The molecular weight excluding hydrogens is 221 g/mol. The zero-order valence-corrected chi connectivity index (χ0v) is 11.3. The Bertz CT molecular complexity index is 318. The van der Waals surface area contributed by atoms with Crippen molar-refractivity contribution in [2.24, 2.45) is 0 Å². The van der Waals surface area contributed by atoms with Gasteiger partial charge in [-0.05, 0) is 17.9 Å². The van der Waals surface area contributed by atoms with Gasteiger partial charge in [-0.15, -0.1) is 0 Å². The summed E-state index contributed by atoms with van der Waals surface area (Å²) >= 11 is 0. The molecule has 0 aromatic carbocycles. The number of hydrogen-bond acceptors (Lipinski definition) is 2. The Morgan fingerprint density at radius 1 is 1.36 bits per heavy atom. The molecular formula is C7H8BF3KNO. The second kappa shape index (κ2) is 5.50. The van der Waals surface area contributed by atoms with Crippen molar-refractivity contribution in [1.29, 1.82) is 0 Å². The van der Waals surface area contributed by atoms with Crippen LogP contribution in [-0.4, -0.2) is 19.1 Å². The minimum Gasteiger partial charge on any atom is -0.483 e. The predicted octanol–water partition coefficient (Wildman–Crippen LogP) is -1.54. The summed E-state index contributed by atoms with van der Waals surface area (Å²) in [6, 6.07) is 1.03. The third-order valence-corrected chi connectivity index (χ3v) is 1.56. The number of pyridine rings is 1. The van der Waals surface area contributed by atoms with Crippen LogP contribution in [0.15, 0.2) is 12.3 Å². The summed E-state index contributed by atoms with van der Waals surface area (Å²) in [6.07, 6.45) is 1.34. The Kier molecular flexibility index (Phi) is 5.68. The van der Waals surface area contributed by atoms with Crippen LogP contribution in [-0.2, 0) is 0 Å². The number of nitrogens with zero attached hydrogens (tertiary/aromatic N) is 1. The third-order valence-electron chi connectivity index (χ3n) is 1.56. The minimum atomic E-state index is -5.04. The summed E-state index contributed by atoms with van der Waals surface area (Å²) in [4.78, 5) is 3.54. The fraction of sp³-hybridized carbons (Fsp3) is 0.286. The maximum absolute atomic E-state index is 12.4. The summed E-state index contributed by atoms with van der Waals surface area (Å²) in [6.45, 7) is -3.49. The number of rotatable bonds is 2. The van der Waals surface area contributed by atoms with Crippen LogP contribution >= 0.6 is 0 Å². The summed E-state index contributed by atoms with van der Waals surface area (Å²) in [5, 5.41) is 0. The fourth-order valence-electron chi connectivity index (χ4n) is 0.984. The van der Waals surface area contributed by atoms with Crippen molar-refractivity contribution in [1.82, 2.24) is 4.98 Å². The summed E-state index contributed by atoms with van der Waals surface area (Å²) < 4.78 is 41.6. The molecule has 14 heavy (non-hydrogen) atoms. The molecule has 0 saturated heterocycles. The van der Waals surface area contributed by atoms with Gasteiger partial charge in [-0.1, -0.05) is 6.07 Å². The van der Waals surface area contributed by atoms with Crippen LogP contribution in [0.25, 0.3) is 0 Å². The quantitative estimate of drug-likeness (QED) is 0.573. The molecule has 0 bridgehead atoms. The Labute approximate surface area is 123 Å². The maximum atomic E-state index is 12.4. The van der Waals surface area contributed by atoms with E-state index >= 15 is 0 Å². The summed E-state index contributed by atoms with van der Waals surface area (Å²) in [5.41, 5.74) is -0.308. The van der Waals surface area contributed by atoms with Gasteiger partial charge in [0.25, 0.3) is 0 Å². The van der Waals surface area contributed by atoms with E-state index in [2.05, 4.69) is 9.72 Å². The number of ether oxygens (including phenoxy) is 1. The van der Waals surface area contributed by atoms with E-state index in [1.54, 1.807) is 6.92 Å². The number of aryl methyl sites for hydroxylation is 1. The molecule has 0 atom stereocenters. The largest absolute Gasteiger partial charge is 1.00 e.